The number of alkyl halides is 3. The summed E-state index contributed by atoms with van der Waals surface area (Å²) in [5.41, 5.74) is 0.631. The number of halogens is 3. The maximum absolute atomic E-state index is 12.9. The van der Waals surface area contributed by atoms with Crippen LogP contribution < -0.4 is 10.1 Å². The molecule has 0 saturated carbocycles. The van der Waals surface area contributed by atoms with Crippen molar-refractivity contribution in [2.45, 2.75) is 28.0 Å². The predicted molar refractivity (Wildman–Crippen MR) is 147 cm³/mol. The van der Waals surface area contributed by atoms with Crippen LogP contribution in [0.2, 0.25) is 0 Å². The minimum Gasteiger partial charge on any atom is -0.484 e. The zero-order valence-electron chi connectivity index (χ0n) is 20.9. The molecule has 41 heavy (non-hydrogen) atoms. The van der Waals surface area contributed by atoms with Crippen molar-refractivity contribution in [3.63, 3.8) is 0 Å². The number of β-lactam (4-membered cyclic amide) rings is 1. The first-order valence-corrected chi connectivity index (χ1v) is 13.7. The van der Waals surface area contributed by atoms with Crippen LogP contribution in [-0.4, -0.2) is 80.3 Å². The summed E-state index contributed by atoms with van der Waals surface area (Å²) < 4.78 is 17.8. The van der Waals surface area contributed by atoms with Gasteiger partial charge < -0.3 is 29.4 Å². The van der Waals surface area contributed by atoms with E-state index in [0.29, 0.717) is 28.0 Å². The molecule has 0 bridgehead atoms. The number of rotatable bonds is 12. The number of amides is 2. The standard InChI is InChI=1S/C25H23Cl3N2O10S/c26-25(27,28)14-40-24(36)39-13-18(32)41-22-19(29-17(31)12-37-16-9-5-2-6-10-16)20(33)30(22)21(34)23(35)38-11-15-7-3-1-4-8-15/h1-10,19,21-22,34H,11-14H2,(H,29,31). The fourth-order valence-corrected chi connectivity index (χ4v) is 4.48. The molecule has 2 N–H and O–H groups in total. The predicted octanol–water partition coefficient (Wildman–Crippen LogP) is 2.56. The van der Waals surface area contributed by atoms with Crippen molar-refractivity contribution in [1.29, 1.82) is 0 Å². The van der Waals surface area contributed by atoms with Crippen molar-refractivity contribution in [1.82, 2.24) is 10.2 Å². The van der Waals surface area contributed by atoms with Crippen LogP contribution in [0.1, 0.15) is 5.56 Å². The van der Waals surface area contributed by atoms with E-state index in [4.69, 9.17) is 44.3 Å². The number of aliphatic hydroxyl groups is 1. The molecular weight excluding hydrogens is 627 g/mol. The minimum atomic E-state index is -2.10. The third-order valence-electron chi connectivity index (χ3n) is 5.12. The molecule has 3 atom stereocenters. The molecule has 1 aliphatic heterocycles. The quantitative estimate of drug-likeness (QED) is 0.198. The maximum Gasteiger partial charge on any atom is 0.508 e. The summed E-state index contributed by atoms with van der Waals surface area (Å²) in [7, 11) is 0. The van der Waals surface area contributed by atoms with Crippen LogP contribution in [0, 0.1) is 0 Å². The highest BCUT2D eigenvalue weighted by Gasteiger charge is 2.54. The number of ether oxygens (including phenoxy) is 4. The van der Waals surface area contributed by atoms with Gasteiger partial charge in [-0.05, 0) is 17.7 Å². The second-order valence-electron chi connectivity index (χ2n) is 8.18. The molecule has 3 rings (SSSR count). The molecule has 1 aliphatic rings. The number of hydrogen-bond acceptors (Lipinski definition) is 11. The summed E-state index contributed by atoms with van der Waals surface area (Å²) in [5, 5.41) is 10.9. The van der Waals surface area contributed by atoms with Gasteiger partial charge in [0.15, 0.2) is 13.2 Å². The molecule has 220 valence electrons. The maximum atomic E-state index is 12.9. The molecule has 1 saturated heterocycles. The number of nitrogens with zero attached hydrogens (tertiary/aromatic N) is 1. The number of esters is 1. The Hall–Kier alpha value is -3.23. The monoisotopic (exact) mass is 648 g/mol. The van der Waals surface area contributed by atoms with Gasteiger partial charge in [0, 0.05) is 0 Å². The van der Waals surface area contributed by atoms with E-state index in [1.54, 1.807) is 60.7 Å². The number of nitrogens with one attached hydrogen (secondary N) is 1. The summed E-state index contributed by atoms with van der Waals surface area (Å²) in [6, 6.07) is 15.7. The Balaban J connectivity index is 1.61. The van der Waals surface area contributed by atoms with E-state index in [1.165, 1.54) is 0 Å². The lowest BCUT2D eigenvalue weighted by Gasteiger charge is -2.47. The zero-order valence-corrected chi connectivity index (χ0v) is 24.0. The second-order valence-corrected chi connectivity index (χ2v) is 11.9. The van der Waals surface area contributed by atoms with E-state index in [-0.39, 0.29) is 6.61 Å². The fourth-order valence-electron chi connectivity index (χ4n) is 3.27. The molecule has 1 heterocycles. The van der Waals surface area contributed by atoms with Crippen LogP contribution in [0.3, 0.4) is 0 Å². The normalized spacial score (nSPS) is 17.1. The first-order valence-electron chi connectivity index (χ1n) is 11.7. The second kappa shape index (κ2) is 15.1. The highest BCUT2D eigenvalue weighted by atomic mass is 35.6. The number of likely N-dealkylation sites (tertiary alicyclic amines) is 1. The Bertz CT molecular complexity index is 1230. The number of carbonyl (C=O) groups excluding carboxylic acids is 5. The van der Waals surface area contributed by atoms with Gasteiger partial charge in [-0.3, -0.25) is 19.3 Å². The zero-order chi connectivity index (χ0) is 30.0. The van der Waals surface area contributed by atoms with Gasteiger partial charge in [0.2, 0.25) is 15.1 Å². The van der Waals surface area contributed by atoms with Crippen LogP contribution in [0.4, 0.5) is 4.79 Å². The summed E-state index contributed by atoms with van der Waals surface area (Å²) in [5.74, 6) is -2.34. The molecule has 0 spiro atoms. The molecule has 3 unspecified atom stereocenters. The van der Waals surface area contributed by atoms with Gasteiger partial charge in [-0.1, -0.05) is 95.1 Å². The molecular formula is C25H23Cl3N2O10S. The lowest BCUT2D eigenvalue weighted by molar-refractivity contribution is -0.183. The first-order chi connectivity index (χ1) is 19.4. The van der Waals surface area contributed by atoms with Crippen LogP contribution in [-0.2, 0) is 40.0 Å². The molecule has 1 fully saturated rings. The van der Waals surface area contributed by atoms with Crippen LogP contribution in [0.5, 0.6) is 5.75 Å². The third-order valence-corrected chi connectivity index (χ3v) is 6.57. The van der Waals surface area contributed by atoms with Gasteiger partial charge >= 0.3 is 12.1 Å². The van der Waals surface area contributed by atoms with Crippen molar-refractivity contribution in [3.05, 3.63) is 66.2 Å². The highest BCUT2D eigenvalue weighted by molar-refractivity contribution is 8.14. The lowest BCUT2D eigenvalue weighted by atomic mass is 10.1. The van der Waals surface area contributed by atoms with Gasteiger partial charge in [0.05, 0.1) is 0 Å². The molecule has 16 heteroatoms. The topological polar surface area (TPSA) is 158 Å². The first kappa shape index (κ1) is 32.3. The summed E-state index contributed by atoms with van der Waals surface area (Å²) in [4.78, 5) is 62.7. The van der Waals surface area contributed by atoms with Crippen LogP contribution >= 0.6 is 46.6 Å². The van der Waals surface area contributed by atoms with Gasteiger partial charge in [-0.2, -0.15) is 0 Å². The summed E-state index contributed by atoms with van der Waals surface area (Å²) in [6.45, 7) is -2.12. The molecule has 2 aromatic carbocycles. The van der Waals surface area contributed by atoms with E-state index >= 15 is 0 Å². The largest absolute Gasteiger partial charge is 0.508 e. The van der Waals surface area contributed by atoms with Crippen molar-refractivity contribution < 1.29 is 48.0 Å². The van der Waals surface area contributed by atoms with Gasteiger partial charge in [-0.25, -0.2) is 9.59 Å². The molecule has 12 nitrogen and oxygen atoms in total. The highest BCUT2D eigenvalue weighted by Crippen LogP contribution is 2.33. The van der Waals surface area contributed by atoms with Gasteiger partial charge in [0.25, 0.3) is 11.8 Å². The van der Waals surface area contributed by atoms with Crippen LogP contribution in [0.25, 0.3) is 0 Å². The number of para-hydroxylation sites is 1. The molecule has 0 aliphatic carbocycles. The smallest absolute Gasteiger partial charge is 0.484 e. The number of hydrogen-bond donors (Lipinski definition) is 2. The Labute approximate surface area is 253 Å². The SMILES string of the molecule is O=C(COc1ccccc1)NC1C(=O)N(C(O)C(=O)OCc2ccccc2)C1SC(=O)COC(=O)OCC(Cl)(Cl)Cl. The van der Waals surface area contributed by atoms with E-state index in [0.717, 1.165) is 0 Å². The molecule has 2 aromatic rings. The molecule has 0 aromatic heterocycles. The number of carbonyl (C=O) groups is 5. The number of aliphatic hydroxyl groups excluding tert-OH is 1. The fraction of sp³-hybridized carbons (Fsp3) is 0.320. The van der Waals surface area contributed by atoms with E-state index < -0.39 is 70.3 Å². The van der Waals surface area contributed by atoms with Crippen molar-refractivity contribution >= 4 is 75.6 Å². The Kier molecular flexibility index (Phi) is 11.9. The third kappa shape index (κ3) is 10.3. The number of benzene rings is 2. The average Bonchev–Trinajstić information content (AvgIpc) is 2.95. The Morgan fingerprint density at radius 1 is 0.951 bits per heavy atom. The molecule has 2 amide bonds. The Morgan fingerprint density at radius 2 is 1.59 bits per heavy atom. The van der Waals surface area contributed by atoms with Gasteiger partial charge in [0.1, 0.15) is 30.4 Å². The Morgan fingerprint density at radius 3 is 2.22 bits per heavy atom. The van der Waals surface area contributed by atoms with Crippen LogP contribution in [0.15, 0.2) is 60.7 Å². The van der Waals surface area contributed by atoms with Crippen molar-refractivity contribution in [3.8, 4) is 5.75 Å². The van der Waals surface area contributed by atoms with E-state index in [9.17, 15) is 29.1 Å². The summed E-state index contributed by atoms with van der Waals surface area (Å²) >= 11 is 16.9. The van der Waals surface area contributed by atoms with Crippen molar-refractivity contribution in [2.24, 2.45) is 0 Å². The minimum absolute atomic E-state index is 0.184. The van der Waals surface area contributed by atoms with Crippen molar-refractivity contribution in [2.75, 3.05) is 19.8 Å². The van der Waals surface area contributed by atoms with E-state index in [2.05, 4.69) is 14.8 Å². The lowest BCUT2D eigenvalue weighted by Crippen LogP contribution is -2.73. The van der Waals surface area contributed by atoms with Gasteiger partial charge in [-0.15, -0.1) is 0 Å². The number of thioether (sulfide) groups is 1. The summed E-state index contributed by atoms with van der Waals surface area (Å²) in [6.07, 6.45) is -3.40. The average molecular weight is 650 g/mol. The van der Waals surface area contributed by atoms with E-state index in [1.807, 2.05) is 0 Å². The molecule has 0 radical (unpaired) electrons.